The number of aryl methyl sites for hydroxylation is 1. The molecule has 0 saturated heterocycles. The Morgan fingerprint density at radius 3 is 2.76 bits per heavy atom. The quantitative estimate of drug-likeness (QED) is 0.316. The third-order valence-electron chi connectivity index (χ3n) is 6.57. The van der Waals surface area contributed by atoms with Crippen molar-refractivity contribution in [2.45, 2.75) is 71.8 Å². The summed E-state index contributed by atoms with van der Waals surface area (Å²) in [5, 5.41) is 25.4. The highest BCUT2D eigenvalue weighted by molar-refractivity contribution is 5.99. The fourth-order valence-electron chi connectivity index (χ4n) is 4.75. The molecule has 0 unspecified atom stereocenters. The van der Waals surface area contributed by atoms with Crippen LogP contribution < -0.4 is 5.32 Å². The van der Waals surface area contributed by atoms with E-state index in [0.717, 1.165) is 43.2 Å². The summed E-state index contributed by atoms with van der Waals surface area (Å²) in [6.07, 6.45) is 10.9. The van der Waals surface area contributed by atoms with Crippen molar-refractivity contribution in [2.75, 3.05) is 0 Å². The van der Waals surface area contributed by atoms with Crippen LogP contribution in [0.4, 0.5) is 0 Å². The Labute approximate surface area is 197 Å². The fourth-order valence-corrected chi connectivity index (χ4v) is 4.75. The van der Waals surface area contributed by atoms with Gasteiger partial charge in [-0.25, -0.2) is 0 Å². The van der Waals surface area contributed by atoms with Crippen molar-refractivity contribution in [3.05, 3.63) is 76.6 Å². The van der Waals surface area contributed by atoms with Gasteiger partial charge < -0.3 is 15.5 Å². The highest BCUT2D eigenvalue weighted by Crippen LogP contribution is 2.48. The second-order valence-electron chi connectivity index (χ2n) is 9.22. The summed E-state index contributed by atoms with van der Waals surface area (Å²) in [4.78, 5) is 17.4. The first-order valence-corrected chi connectivity index (χ1v) is 11.9. The molecule has 0 radical (unpaired) electrons. The number of rotatable bonds is 9. The van der Waals surface area contributed by atoms with Gasteiger partial charge in [0.1, 0.15) is 11.5 Å². The molecule has 2 aromatic rings. The molecule has 0 fully saturated rings. The van der Waals surface area contributed by atoms with Crippen LogP contribution >= 0.6 is 0 Å². The molecular formula is C28H36N2O3. The van der Waals surface area contributed by atoms with E-state index in [1.54, 1.807) is 18.5 Å². The molecule has 3 N–H and O–H groups in total. The predicted octanol–water partition coefficient (Wildman–Crippen LogP) is 6.17. The van der Waals surface area contributed by atoms with E-state index in [1.165, 1.54) is 5.57 Å². The molecule has 1 aliphatic carbocycles. The number of carbonyl (C=O) groups excluding carboxylic acids is 1. The van der Waals surface area contributed by atoms with Gasteiger partial charge >= 0.3 is 0 Å². The maximum atomic E-state index is 13.3. The first-order chi connectivity index (χ1) is 15.8. The van der Waals surface area contributed by atoms with E-state index in [1.807, 2.05) is 19.1 Å². The molecule has 1 aromatic carbocycles. The largest absolute Gasteiger partial charge is 0.507 e. The summed E-state index contributed by atoms with van der Waals surface area (Å²) >= 11 is 0. The maximum absolute atomic E-state index is 13.3. The molecule has 0 aliphatic heterocycles. The number of aromatic hydroxyl groups is 2. The van der Waals surface area contributed by atoms with Crippen LogP contribution in [-0.4, -0.2) is 21.1 Å². The molecule has 33 heavy (non-hydrogen) atoms. The first kappa shape index (κ1) is 24.6. The van der Waals surface area contributed by atoms with Crippen molar-refractivity contribution in [1.82, 2.24) is 10.3 Å². The van der Waals surface area contributed by atoms with E-state index in [-0.39, 0.29) is 34.8 Å². The molecule has 0 bridgehead atoms. The Bertz CT molecular complexity index is 1030. The summed E-state index contributed by atoms with van der Waals surface area (Å²) in [5.41, 5.74) is 4.47. The molecule has 0 saturated carbocycles. The van der Waals surface area contributed by atoms with Crippen molar-refractivity contribution in [2.24, 2.45) is 5.92 Å². The number of nitrogens with one attached hydrogen (secondary N) is 1. The molecule has 1 amide bonds. The second kappa shape index (κ2) is 11.2. The SMILES string of the molecule is C=C(C)[C@@H]1CCC(C)=C[C@H]1c1c(O)cc(CCCCC)c(C(=O)NCc2cccnc2)c1O. The third kappa shape index (κ3) is 5.84. The van der Waals surface area contributed by atoms with E-state index in [9.17, 15) is 15.0 Å². The molecule has 0 spiro atoms. The zero-order valence-corrected chi connectivity index (χ0v) is 20.0. The lowest BCUT2D eigenvalue weighted by atomic mass is 9.73. The van der Waals surface area contributed by atoms with Gasteiger partial charge in [-0.05, 0) is 68.7 Å². The van der Waals surface area contributed by atoms with Gasteiger partial charge in [0.15, 0.2) is 0 Å². The Morgan fingerprint density at radius 2 is 2.09 bits per heavy atom. The number of unbranched alkanes of at least 4 members (excludes halogenated alkanes) is 2. The smallest absolute Gasteiger partial charge is 0.255 e. The van der Waals surface area contributed by atoms with E-state index >= 15 is 0 Å². The zero-order valence-electron chi connectivity index (χ0n) is 20.0. The molecular weight excluding hydrogens is 412 g/mol. The number of phenolic OH excluding ortho intramolecular Hbond substituents is 2. The highest BCUT2D eigenvalue weighted by atomic mass is 16.3. The van der Waals surface area contributed by atoms with Crippen molar-refractivity contribution >= 4 is 5.91 Å². The van der Waals surface area contributed by atoms with Crippen LogP contribution in [0.25, 0.3) is 0 Å². The third-order valence-corrected chi connectivity index (χ3v) is 6.57. The van der Waals surface area contributed by atoms with Crippen LogP contribution in [0.2, 0.25) is 0 Å². The normalized spacial score (nSPS) is 18.0. The number of aromatic nitrogens is 1. The summed E-state index contributed by atoms with van der Waals surface area (Å²) < 4.78 is 0. The van der Waals surface area contributed by atoms with Crippen molar-refractivity contribution < 1.29 is 15.0 Å². The van der Waals surface area contributed by atoms with Gasteiger partial charge in [-0.2, -0.15) is 0 Å². The molecule has 1 aliphatic rings. The molecule has 176 valence electrons. The molecule has 2 atom stereocenters. The summed E-state index contributed by atoms with van der Waals surface area (Å²) in [6, 6.07) is 5.39. The minimum absolute atomic E-state index is 0.0463. The first-order valence-electron chi connectivity index (χ1n) is 11.9. The van der Waals surface area contributed by atoms with Crippen LogP contribution in [-0.2, 0) is 13.0 Å². The lowest BCUT2D eigenvalue weighted by molar-refractivity contribution is 0.0947. The number of hydrogen-bond donors (Lipinski definition) is 3. The number of carbonyl (C=O) groups is 1. The number of phenols is 2. The predicted molar refractivity (Wildman–Crippen MR) is 132 cm³/mol. The number of pyridine rings is 1. The average molecular weight is 449 g/mol. The molecule has 5 nitrogen and oxygen atoms in total. The summed E-state index contributed by atoms with van der Waals surface area (Å²) in [5.74, 6) is -0.529. The lowest BCUT2D eigenvalue weighted by Crippen LogP contribution is -2.25. The van der Waals surface area contributed by atoms with Crippen LogP contribution in [0.15, 0.2) is 54.4 Å². The number of nitrogens with zero attached hydrogens (tertiary/aromatic N) is 1. The van der Waals surface area contributed by atoms with E-state index in [0.29, 0.717) is 24.1 Å². The number of benzene rings is 1. The van der Waals surface area contributed by atoms with Gasteiger partial charge in [0, 0.05) is 30.4 Å². The van der Waals surface area contributed by atoms with E-state index in [4.69, 9.17) is 0 Å². The molecule has 1 aromatic heterocycles. The second-order valence-corrected chi connectivity index (χ2v) is 9.22. The topological polar surface area (TPSA) is 82.5 Å². The fraction of sp³-hybridized carbons (Fsp3) is 0.429. The van der Waals surface area contributed by atoms with Crippen LogP contribution in [0, 0.1) is 5.92 Å². The Morgan fingerprint density at radius 1 is 1.30 bits per heavy atom. The number of allylic oxidation sites excluding steroid dienone is 3. The van der Waals surface area contributed by atoms with Crippen LogP contribution in [0.1, 0.15) is 85.8 Å². The zero-order chi connectivity index (χ0) is 24.0. The lowest BCUT2D eigenvalue weighted by Gasteiger charge is -2.32. The van der Waals surface area contributed by atoms with Crippen LogP contribution in [0.5, 0.6) is 11.5 Å². The average Bonchev–Trinajstić information content (AvgIpc) is 2.78. The summed E-state index contributed by atoms with van der Waals surface area (Å²) in [6.45, 7) is 10.6. The van der Waals surface area contributed by atoms with Crippen molar-refractivity contribution in [3.8, 4) is 11.5 Å². The van der Waals surface area contributed by atoms with Gasteiger partial charge in [0.05, 0.1) is 5.56 Å². The Kier molecular flexibility index (Phi) is 8.32. The number of hydrogen-bond acceptors (Lipinski definition) is 4. The minimum Gasteiger partial charge on any atom is -0.507 e. The highest BCUT2D eigenvalue weighted by Gasteiger charge is 2.33. The van der Waals surface area contributed by atoms with Gasteiger partial charge in [-0.3, -0.25) is 9.78 Å². The Balaban J connectivity index is 2.03. The molecule has 1 heterocycles. The monoisotopic (exact) mass is 448 g/mol. The van der Waals surface area contributed by atoms with Crippen LogP contribution in [0.3, 0.4) is 0 Å². The molecule has 5 heteroatoms. The molecule has 3 rings (SSSR count). The van der Waals surface area contributed by atoms with Gasteiger partial charge in [-0.15, -0.1) is 0 Å². The van der Waals surface area contributed by atoms with E-state index in [2.05, 4.69) is 36.8 Å². The van der Waals surface area contributed by atoms with Gasteiger partial charge in [0.2, 0.25) is 0 Å². The van der Waals surface area contributed by atoms with Crippen molar-refractivity contribution in [3.63, 3.8) is 0 Å². The number of amides is 1. The maximum Gasteiger partial charge on any atom is 0.255 e. The standard InChI is InChI=1S/C28H36N2O3/c1-5-6-7-10-21-15-24(31)26(23-14-19(4)11-12-22(23)18(2)3)27(32)25(21)28(33)30-17-20-9-8-13-29-16-20/h8-9,13-16,22-23,31-32H,2,5-7,10-12,17H2,1,3-4H3,(H,30,33)/t22-,23+/m0/s1. The van der Waals surface area contributed by atoms with Gasteiger partial charge in [-0.1, -0.05) is 49.6 Å². The minimum atomic E-state index is -0.340. The van der Waals surface area contributed by atoms with E-state index < -0.39 is 0 Å². The Hall–Kier alpha value is -3.08. The van der Waals surface area contributed by atoms with Crippen molar-refractivity contribution in [1.29, 1.82) is 0 Å². The summed E-state index contributed by atoms with van der Waals surface area (Å²) in [7, 11) is 0. The van der Waals surface area contributed by atoms with Gasteiger partial charge in [0.25, 0.3) is 5.91 Å².